The summed E-state index contributed by atoms with van der Waals surface area (Å²) in [6, 6.07) is 6.83. The maximum Gasteiger partial charge on any atom is 0.460 e. The molecular weight excluding hydrogens is 467 g/mol. The van der Waals surface area contributed by atoms with Gasteiger partial charge in [0, 0.05) is 25.1 Å². The van der Waals surface area contributed by atoms with E-state index in [-0.39, 0.29) is 24.7 Å². The van der Waals surface area contributed by atoms with Gasteiger partial charge < -0.3 is 4.90 Å². The van der Waals surface area contributed by atoms with Crippen molar-refractivity contribution in [2.75, 3.05) is 13.1 Å². The summed E-state index contributed by atoms with van der Waals surface area (Å²) in [7, 11) is 0. The largest absolute Gasteiger partial charge is 0.460 e. The molecule has 13 heteroatoms. The molecule has 0 saturated carbocycles. The third kappa shape index (κ3) is 4.17. The van der Waals surface area contributed by atoms with Crippen molar-refractivity contribution in [3.63, 3.8) is 0 Å². The quantitative estimate of drug-likeness (QED) is 0.262. The van der Waals surface area contributed by atoms with E-state index in [4.69, 9.17) is 0 Å². The molecule has 0 atom stereocenters. The molecule has 1 saturated heterocycles. The lowest BCUT2D eigenvalue weighted by Gasteiger charge is -2.40. The molecule has 0 bridgehead atoms. The zero-order valence-corrected chi connectivity index (χ0v) is 16.0. The molecule has 1 aliphatic rings. The van der Waals surface area contributed by atoms with Crippen molar-refractivity contribution in [2.24, 2.45) is 0 Å². The second kappa shape index (κ2) is 8.54. The van der Waals surface area contributed by atoms with Crippen LogP contribution >= 0.6 is 0 Å². The molecule has 2 nitrogen and oxygen atoms in total. The van der Waals surface area contributed by atoms with Crippen LogP contribution in [-0.4, -0.2) is 54.1 Å². The highest BCUT2D eigenvalue weighted by atomic mass is 19.4. The van der Waals surface area contributed by atoms with Crippen LogP contribution in [0.1, 0.15) is 18.4 Å². The molecule has 2 rings (SSSR count). The van der Waals surface area contributed by atoms with E-state index in [0.717, 1.165) is 0 Å². The van der Waals surface area contributed by atoms with E-state index in [1.54, 1.807) is 0 Å². The molecule has 0 unspecified atom stereocenters. The lowest BCUT2D eigenvalue weighted by atomic mass is 9.91. The first-order valence-electron chi connectivity index (χ1n) is 9.08. The molecule has 1 aromatic rings. The first-order chi connectivity index (χ1) is 14.5. The van der Waals surface area contributed by atoms with Gasteiger partial charge in [0.05, 0.1) is 5.70 Å². The van der Waals surface area contributed by atoms with E-state index in [1.165, 1.54) is 30.3 Å². The van der Waals surface area contributed by atoms with Gasteiger partial charge in [0.1, 0.15) is 6.29 Å². The predicted octanol–water partition coefficient (Wildman–Crippen LogP) is 5.88. The number of likely N-dealkylation sites (tertiary alicyclic amines) is 1. The van der Waals surface area contributed by atoms with Crippen LogP contribution in [0.5, 0.6) is 0 Å². The topological polar surface area (TPSA) is 20.3 Å². The standard InChI is InChI=1S/C19H16F11NO/c20-15(21,16(22,23)17(24,25)18(26,27)19(28,29)30)14(31-8-4-5-9-31)13(11-32)10-12-6-2-1-3-7-12/h1-3,6-7,11H,4-5,8-10H2/b14-13+. The second-order valence-electron chi connectivity index (χ2n) is 7.14. The van der Waals surface area contributed by atoms with Crippen molar-refractivity contribution in [3.8, 4) is 0 Å². The van der Waals surface area contributed by atoms with Gasteiger partial charge in [-0.2, -0.15) is 48.3 Å². The Bertz CT molecular complexity index is 841. The zero-order valence-electron chi connectivity index (χ0n) is 16.0. The van der Waals surface area contributed by atoms with E-state index in [1.807, 2.05) is 0 Å². The Kier molecular flexibility index (Phi) is 6.92. The third-order valence-corrected chi connectivity index (χ3v) is 4.94. The number of carbonyl (C=O) groups excluding carboxylic acids is 1. The van der Waals surface area contributed by atoms with Crippen LogP contribution in [0.25, 0.3) is 0 Å². The molecule has 0 spiro atoms. The van der Waals surface area contributed by atoms with E-state index in [0.29, 0.717) is 4.90 Å². The van der Waals surface area contributed by atoms with Gasteiger partial charge in [-0.1, -0.05) is 30.3 Å². The average Bonchev–Trinajstić information content (AvgIpc) is 3.20. The SMILES string of the molecule is O=C/C(Cc1ccccc1)=C(/N1CCCC1)C(F)(F)C(F)(F)C(F)(F)C(F)(F)C(F)(F)F. The van der Waals surface area contributed by atoms with Crippen LogP contribution in [0.3, 0.4) is 0 Å². The summed E-state index contributed by atoms with van der Waals surface area (Å²) in [6.45, 7) is -0.845. The van der Waals surface area contributed by atoms with Crippen LogP contribution in [0, 0.1) is 0 Å². The Morgan fingerprint density at radius 3 is 1.72 bits per heavy atom. The van der Waals surface area contributed by atoms with E-state index < -0.39 is 60.6 Å². The van der Waals surface area contributed by atoms with Crippen molar-refractivity contribution >= 4 is 6.29 Å². The number of hydrogen-bond donors (Lipinski definition) is 0. The molecule has 1 fully saturated rings. The molecule has 180 valence electrons. The van der Waals surface area contributed by atoms with Gasteiger partial charge in [-0.25, -0.2) is 0 Å². The first-order valence-corrected chi connectivity index (χ1v) is 9.08. The van der Waals surface area contributed by atoms with Crippen LogP contribution in [0.2, 0.25) is 0 Å². The van der Waals surface area contributed by atoms with E-state index in [9.17, 15) is 53.1 Å². The van der Waals surface area contributed by atoms with Crippen molar-refractivity contribution in [3.05, 3.63) is 47.2 Å². The molecular formula is C19H16F11NO. The predicted molar refractivity (Wildman–Crippen MR) is 89.9 cm³/mol. The molecule has 0 amide bonds. The maximum atomic E-state index is 14.9. The Morgan fingerprint density at radius 2 is 1.28 bits per heavy atom. The number of carbonyl (C=O) groups is 1. The number of benzene rings is 1. The number of allylic oxidation sites excluding steroid dienone is 2. The Labute approximate surface area is 174 Å². The van der Waals surface area contributed by atoms with Crippen LogP contribution in [-0.2, 0) is 11.2 Å². The summed E-state index contributed by atoms with van der Waals surface area (Å²) in [5.41, 5.74) is -3.04. The third-order valence-electron chi connectivity index (χ3n) is 4.94. The smallest absolute Gasteiger partial charge is 0.369 e. The number of alkyl halides is 11. The first kappa shape index (κ1) is 25.9. The lowest BCUT2D eigenvalue weighted by Crippen LogP contribution is -2.67. The number of rotatable bonds is 8. The van der Waals surface area contributed by atoms with Crippen LogP contribution < -0.4 is 0 Å². The minimum absolute atomic E-state index is 0.109. The lowest BCUT2D eigenvalue weighted by molar-refractivity contribution is -0.419. The summed E-state index contributed by atoms with van der Waals surface area (Å²) >= 11 is 0. The average molecular weight is 483 g/mol. The summed E-state index contributed by atoms with van der Waals surface area (Å²) in [6.07, 6.45) is -8.13. The number of nitrogens with zero attached hydrogens (tertiary/aromatic N) is 1. The molecule has 0 aromatic heterocycles. The highest BCUT2D eigenvalue weighted by molar-refractivity contribution is 5.76. The van der Waals surface area contributed by atoms with Crippen molar-refractivity contribution < 1.29 is 53.1 Å². The highest BCUT2D eigenvalue weighted by Gasteiger charge is 2.88. The van der Waals surface area contributed by atoms with Gasteiger partial charge in [0.2, 0.25) is 0 Å². The van der Waals surface area contributed by atoms with Crippen molar-refractivity contribution in [1.82, 2.24) is 4.90 Å². The molecule has 1 aromatic carbocycles. The molecule has 0 aliphatic carbocycles. The Balaban J connectivity index is 2.69. The van der Waals surface area contributed by atoms with Crippen molar-refractivity contribution in [1.29, 1.82) is 0 Å². The van der Waals surface area contributed by atoms with E-state index >= 15 is 0 Å². The fraction of sp³-hybridized carbons (Fsp3) is 0.526. The Morgan fingerprint density at radius 1 is 0.781 bits per heavy atom. The van der Waals surface area contributed by atoms with Gasteiger partial charge in [-0.15, -0.1) is 0 Å². The van der Waals surface area contributed by atoms with Crippen LogP contribution in [0.4, 0.5) is 48.3 Å². The molecule has 1 aliphatic heterocycles. The summed E-state index contributed by atoms with van der Waals surface area (Å²) < 4.78 is 149. The van der Waals surface area contributed by atoms with Crippen LogP contribution in [0.15, 0.2) is 41.6 Å². The highest BCUT2D eigenvalue weighted by Crippen LogP contribution is 2.59. The van der Waals surface area contributed by atoms with Gasteiger partial charge in [-0.3, -0.25) is 4.79 Å². The number of hydrogen-bond acceptors (Lipinski definition) is 2. The molecule has 32 heavy (non-hydrogen) atoms. The fourth-order valence-corrected chi connectivity index (χ4v) is 3.26. The monoisotopic (exact) mass is 483 g/mol. The summed E-state index contributed by atoms with van der Waals surface area (Å²) in [4.78, 5) is 11.9. The van der Waals surface area contributed by atoms with Crippen molar-refractivity contribution in [2.45, 2.75) is 49.1 Å². The summed E-state index contributed by atoms with van der Waals surface area (Å²) in [5.74, 6) is -28.5. The van der Waals surface area contributed by atoms with E-state index in [2.05, 4.69) is 0 Å². The van der Waals surface area contributed by atoms with Gasteiger partial charge in [-0.05, 0) is 18.4 Å². The van der Waals surface area contributed by atoms with Gasteiger partial charge >= 0.3 is 29.9 Å². The zero-order chi connectivity index (χ0) is 24.6. The molecule has 0 radical (unpaired) electrons. The van der Waals surface area contributed by atoms with Gasteiger partial charge in [0.15, 0.2) is 0 Å². The minimum Gasteiger partial charge on any atom is -0.369 e. The fourth-order valence-electron chi connectivity index (χ4n) is 3.26. The maximum absolute atomic E-state index is 14.9. The molecule has 0 N–H and O–H groups in total. The Hall–Kier alpha value is -2.34. The second-order valence-corrected chi connectivity index (χ2v) is 7.14. The molecule has 1 heterocycles. The van der Waals surface area contributed by atoms with Gasteiger partial charge in [0.25, 0.3) is 0 Å². The normalized spacial score (nSPS) is 17.4. The number of halogens is 11. The summed E-state index contributed by atoms with van der Waals surface area (Å²) in [5, 5.41) is 0. The number of aldehydes is 1. The minimum atomic E-state index is -7.53.